The summed E-state index contributed by atoms with van der Waals surface area (Å²) in [5.41, 5.74) is 0. The highest BCUT2D eigenvalue weighted by atomic mass is 32.1. The number of hydrogen-bond donors (Lipinski definition) is 2. The van der Waals surface area contributed by atoms with Gasteiger partial charge in [0.2, 0.25) is 5.91 Å². The standard InChI is InChI=1S/C19H33N5OS/c1-4-11-24-12-8-16(9-13-24)22-19(21-15-18(25)23(2)3)20-10-7-17-6-5-14-26-17/h5-6,14,16H,4,7-13,15H2,1-3H3,(H2,20,21,22). The van der Waals surface area contributed by atoms with Crippen molar-refractivity contribution in [2.75, 3.05) is 46.8 Å². The van der Waals surface area contributed by atoms with E-state index in [1.807, 2.05) is 0 Å². The van der Waals surface area contributed by atoms with Crippen LogP contribution in [0.15, 0.2) is 22.5 Å². The molecule has 7 heteroatoms. The molecule has 1 aromatic rings. The van der Waals surface area contributed by atoms with Gasteiger partial charge in [0.25, 0.3) is 0 Å². The van der Waals surface area contributed by atoms with Crippen LogP contribution in [0.25, 0.3) is 0 Å². The maximum Gasteiger partial charge on any atom is 0.243 e. The minimum absolute atomic E-state index is 0.0159. The third kappa shape index (κ3) is 7.33. The molecule has 2 N–H and O–H groups in total. The number of aliphatic imine (C=N–C) groups is 1. The van der Waals surface area contributed by atoms with Crippen LogP contribution in [-0.4, -0.2) is 74.5 Å². The fourth-order valence-electron chi connectivity index (χ4n) is 3.01. The number of nitrogens with zero attached hydrogens (tertiary/aromatic N) is 3. The van der Waals surface area contributed by atoms with Gasteiger partial charge in [-0.1, -0.05) is 13.0 Å². The van der Waals surface area contributed by atoms with Crippen molar-refractivity contribution >= 4 is 23.2 Å². The summed E-state index contributed by atoms with van der Waals surface area (Å²) in [5.74, 6) is 0.771. The van der Waals surface area contributed by atoms with Crippen molar-refractivity contribution in [1.82, 2.24) is 20.4 Å². The highest BCUT2D eigenvalue weighted by Gasteiger charge is 2.19. The number of hydrogen-bond acceptors (Lipinski definition) is 4. The number of piperidine rings is 1. The minimum atomic E-state index is 0.0159. The number of nitrogens with one attached hydrogen (secondary N) is 2. The third-order valence-corrected chi connectivity index (χ3v) is 5.52. The van der Waals surface area contributed by atoms with E-state index in [1.165, 1.54) is 17.8 Å². The summed E-state index contributed by atoms with van der Waals surface area (Å²) in [4.78, 5) is 21.8. The molecular formula is C19H33N5OS. The first kappa shape index (κ1) is 20.7. The van der Waals surface area contributed by atoms with Crippen molar-refractivity contribution < 1.29 is 4.79 Å². The molecule has 1 aromatic heterocycles. The Hall–Kier alpha value is -1.60. The summed E-state index contributed by atoms with van der Waals surface area (Å²) in [6.45, 7) is 6.67. The second-order valence-corrected chi connectivity index (χ2v) is 8.00. The molecule has 1 saturated heterocycles. The van der Waals surface area contributed by atoms with Gasteiger partial charge in [0.05, 0.1) is 0 Å². The molecule has 0 aliphatic carbocycles. The van der Waals surface area contributed by atoms with Gasteiger partial charge in [-0.05, 0) is 43.7 Å². The van der Waals surface area contributed by atoms with Crippen molar-refractivity contribution in [3.8, 4) is 0 Å². The smallest absolute Gasteiger partial charge is 0.243 e. The van der Waals surface area contributed by atoms with Gasteiger partial charge in [-0.15, -0.1) is 11.3 Å². The average Bonchev–Trinajstić information content (AvgIpc) is 3.14. The average molecular weight is 380 g/mol. The predicted molar refractivity (Wildman–Crippen MR) is 110 cm³/mol. The van der Waals surface area contributed by atoms with E-state index in [0.29, 0.717) is 6.04 Å². The Balaban J connectivity index is 1.85. The van der Waals surface area contributed by atoms with Gasteiger partial charge in [-0.3, -0.25) is 4.79 Å². The van der Waals surface area contributed by atoms with Gasteiger partial charge in [-0.25, -0.2) is 4.99 Å². The maximum atomic E-state index is 11.9. The number of amides is 1. The Bertz CT molecular complexity index is 550. The fourth-order valence-corrected chi connectivity index (χ4v) is 3.72. The summed E-state index contributed by atoms with van der Waals surface area (Å²) >= 11 is 1.77. The first-order chi connectivity index (χ1) is 12.6. The quantitative estimate of drug-likeness (QED) is 0.534. The largest absolute Gasteiger partial charge is 0.356 e. The van der Waals surface area contributed by atoms with E-state index in [0.717, 1.165) is 44.9 Å². The molecule has 6 nitrogen and oxygen atoms in total. The number of carbonyl (C=O) groups is 1. The molecule has 0 spiro atoms. The fraction of sp³-hybridized carbons (Fsp3) is 0.684. The van der Waals surface area contributed by atoms with Crippen LogP contribution in [0.3, 0.4) is 0 Å². The molecule has 0 aromatic carbocycles. The zero-order chi connectivity index (χ0) is 18.8. The van der Waals surface area contributed by atoms with Gasteiger partial charge in [0.1, 0.15) is 6.54 Å². The molecule has 0 saturated carbocycles. The second-order valence-electron chi connectivity index (χ2n) is 6.97. The number of rotatable bonds is 8. The highest BCUT2D eigenvalue weighted by Crippen LogP contribution is 2.11. The highest BCUT2D eigenvalue weighted by molar-refractivity contribution is 7.09. The van der Waals surface area contributed by atoms with Gasteiger partial charge in [0.15, 0.2) is 5.96 Å². The Labute approximate surface area is 161 Å². The monoisotopic (exact) mass is 379 g/mol. The van der Waals surface area contributed by atoms with E-state index in [9.17, 15) is 4.79 Å². The van der Waals surface area contributed by atoms with Crippen LogP contribution >= 0.6 is 11.3 Å². The first-order valence-electron chi connectivity index (χ1n) is 9.58. The van der Waals surface area contributed by atoms with Crippen molar-refractivity contribution in [3.05, 3.63) is 22.4 Å². The van der Waals surface area contributed by atoms with Gasteiger partial charge < -0.3 is 20.4 Å². The van der Waals surface area contributed by atoms with Gasteiger partial charge >= 0.3 is 0 Å². The lowest BCUT2D eigenvalue weighted by Gasteiger charge is -2.32. The van der Waals surface area contributed by atoms with Gasteiger partial charge in [0, 0.05) is 44.6 Å². The lowest BCUT2D eigenvalue weighted by molar-refractivity contribution is -0.127. The molecular weight excluding hydrogens is 346 g/mol. The second kappa shape index (κ2) is 11.2. The minimum Gasteiger partial charge on any atom is -0.356 e. The van der Waals surface area contributed by atoms with E-state index in [1.54, 1.807) is 30.3 Å². The maximum absolute atomic E-state index is 11.9. The van der Waals surface area contributed by atoms with Gasteiger partial charge in [-0.2, -0.15) is 0 Å². The summed E-state index contributed by atoms with van der Waals surface area (Å²) in [5, 5.41) is 9.03. The third-order valence-electron chi connectivity index (χ3n) is 4.58. The van der Waals surface area contributed by atoms with E-state index in [4.69, 9.17) is 0 Å². The van der Waals surface area contributed by atoms with Crippen LogP contribution in [0.4, 0.5) is 0 Å². The molecule has 1 fully saturated rings. The number of likely N-dealkylation sites (N-methyl/N-ethyl adjacent to an activating group) is 1. The number of likely N-dealkylation sites (tertiary alicyclic amines) is 1. The van der Waals surface area contributed by atoms with E-state index < -0.39 is 0 Å². The molecule has 146 valence electrons. The van der Waals surface area contributed by atoms with Crippen molar-refractivity contribution in [2.45, 2.75) is 38.6 Å². The van der Waals surface area contributed by atoms with Crippen molar-refractivity contribution in [2.24, 2.45) is 4.99 Å². The molecule has 0 radical (unpaired) electrons. The Morgan fingerprint density at radius 3 is 2.77 bits per heavy atom. The molecule has 2 heterocycles. The van der Waals surface area contributed by atoms with Crippen LogP contribution in [0.1, 0.15) is 31.1 Å². The molecule has 2 rings (SSSR count). The summed E-state index contributed by atoms with van der Waals surface area (Å²) in [6.07, 6.45) is 4.41. The van der Waals surface area contributed by atoms with E-state index >= 15 is 0 Å². The van der Waals surface area contributed by atoms with Crippen molar-refractivity contribution in [3.63, 3.8) is 0 Å². The molecule has 1 aliphatic heterocycles. The summed E-state index contributed by atoms with van der Waals surface area (Å²) < 4.78 is 0. The van der Waals surface area contributed by atoms with Crippen LogP contribution in [0, 0.1) is 0 Å². The lowest BCUT2D eigenvalue weighted by Crippen LogP contribution is -2.49. The molecule has 1 amide bonds. The summed E-state index contributed by atoms with van der Waals surface area (Å²) in [6, 6.07) is 4.65. The molecule has 26 heavy (non-hydrogen) atoms. The number of carbonyl (C=O) groups excluding carboxylic acids is 1. The number of thiophene rings is 1. The van der Waals surface area contributed by atoms with Crippen LogP contribution in [0.5, 0.6) is 0 Å². The topological polar surface area (TPSA) is 60.0 Å². The van der Waals surface area contributed by atoms with E-state index in [-0.39, 0.29) is 12.5 Å². The number of guanidine groups is 1. The molecule has 0 bridgehead atoms. The zero-order valence-corrected chi connectivity index (χ0v) is 17.1. The van der Waals surface area contributed by atoms with Crippen LogP contribution in [0.2, 0.25) is 0 Å². The molecule has 0 unspecified atom stereocenters. The SMILES string of the molecule is CCCN1CCC(NC(=NCC(=O)N(C)C)NCCc2cccs2)CC1. The Morgan fingerprint density at radius 2 is 2.15 bits per heavy atom. The Kier molecular flexibility index (Phi) is 8.91. The Morgan fingerprint density at radius 1 is 1.38 bits per heavy atom. The lowest BCUT2D eigenvalue weighted by atomic mass is 10.1. The first-order valence-corrected chi connectivity index (χ1v) is 10.5. The van der Waals surface area contributed by atoms with Crippen molar-refractivity contribution in [1.29, 1.82) is 0 Å². The van der Waals surface area contributed by atoms with Crippen LogP contribution < -0.4 is 10.6 Å². The molecule has 0 atom stereocenters. The van der Waals surface area contributed by atoms with Crippen LogP contribution in [-0.2, 0) is 11.2 Å². The zero-order valence-electron chi connectivity index (χ0n) is 16.3. The molecule has 1 aliphatic rings. The van der Waals surface area contributed by atoms with E-state index in [2.05, 4.69) is 45.0 Å². The normalized spacial score (nSPS) is 16.5. The summed E-state index contributed by atoms with van der Waals surface area (Å²) in [7, 11) is 3.53. The predicted octanol–water partition coefficient (Wildman–Crippen LogP) is 1.79.